The summed E-state index contributed by atoms with van der Waals surface area (Å²) in [4.78, 5) is 14.5. The third kappa shape index (κ3) is 6.85. The van der Waals surface area contributed by atoms with Crippen LogP contribution in [0.4, 0.5) is 18.9 Å². The average molecular weight is 681 g/mol. The number of carbonyl (C=O) groups excluding carboxylic acids is 1. The molecule has 1 amide bonds. The Hall–Kier alpha value is -4.48. The SMILES string of the molecule is CC(C)(c1nnc(-c2ccc3c(c2)N(Cc2ccc(Oc4cccc(OC(F)(F)F)c4)cc2)C(=O)[C@@H](N)CS3(=O)=O)o1)S(C)(=O)=O. The van der Waals surface area contributed by atoms with Crippen LogP contribution in [0, 0.1) is 0 Å². The Bertz CT molecular complexity index is 2010. The minimum atomic E-state index is -4.87. The lowest BCUT2D eigenvalue weighted by atomic mass is 10.1. The van der Waals surface area contributed by atoms with Crippen molar-refractivity contribution < 1.29 is 48.7 Å². The van der Waals surface area contributed by atoms with Gasteiger partial charge in [-0.2, -0.15) is 0 Å². The third-order valence-corrected chi connectivity index (χ3v) is 11.1. The first kappa shape index (κ1) is 32.9. The molecule has 1 aliphatic heterocycles. The van der Waals surface area contributed by atoms with Crippen LogP contribution in [0.15, 0.2) is 76.0 Å². The highest BCUT2D eigenvalue weighted by Gasteiger charge is 2.39. The van der Waals surface area contributed by atoms with E-state index in [4.69, 9.17) is 14.9 Å². The van der Waals surface area contributed by atoms with Gasteiger partial charge >= 0.3 is 6.36 Å². The lowest BCUT2D eigenvalue weighted by molar-refractivity contribution is -0.274. The summed E-state index contributed by atoms with van der Waals surface area (Å²) < 4.78 is 102. The molecule has 1 atom stereocenters. The van der Waals surface area contributed by atoms with Gasteiger partial charge in [0, 0.05) is 17.9 Å². The quantitative estimate of drug-likeness (QED) is 0.280. The molecule has 244 valence electrons. The number of hydrogen-bond donors (Lipinski definition) is 1. The van der Waals surface area contributed by atoms with Crippen LogP contribution in [-0.4, -0.2) is 57.4 Å². The Morgan fingerprint density at radius 1 is 1.00 bits per heavy atom. The molecule has 0 aliphatic carbocycles. The number of amides is 1. The van der Waals surface area contributed by atoms with E-state index < -0.39 is 54.2 Å². The van der Waals surface area contributed by atoms with Gasteiger partial charge in [0.2, 0.25) is 17.7 Å². The molecule has 46 heavy (non-hydrogen) atoms. The van der Waals surface area contributed by atoms with Crippen molar-refractivity contribution in [1.82, 2.24) is 10.2 Å². The smallest absolute Gasteiger partial charge is 0.457 e. The highest BCUT2D eigenvalue weighted by molar-refractivity contribution is 7.92. The summed E-state index contributed by atoms with van der Waals surface area (Å²) in [7, 11) is -7.66. The molecule has 0 saturated carbocycles. The molecule has 12 nitrogen and oxygen atoms in total. The van der Waals surface area contributed by atoms with Crippen LogP contribution < -0.4 is 20.1 Å². The van der Waals surface area contributed by atoms with Crippen LogP contribution in [0.3, 0.4) is 0 Å². The van der Waals surface area contributed by atoms with Crippen molar-refractivity contribution in [2.24, 2.45) is 5.73 Å². The van der Waals surface area contributed by atoms with E-state index in [0.717, 1.165) is 18.4 Å². The van der Waals surface area contributed by atoms with Crippen LogP contribution in [0.5, 0.6) is 17.2 Å². The number of carbonyl (C=O) groups is 1. The van der Waals surface area contributed by atoms with E-state index in [-0.39, 0.29) is 46.0 Å². The normalized spacial score (nSPS) is 16.9. The number of alkyl halides is 3. The summed E-state index contributed by atoms with van der Waals surface area (Å²) >= 11 is 0. The van der Waals surface area contributed by atoms with Crippen molar-refractivity contribution in [3.8, 4) is 28.7 Å². The van der Waals surface area contributed by atoms with E-state index in [9.17, 15) is 34.8 Å². The standard InChI is InChI=1S/C29H27F3N4O8S2/c1-28(2,45(3,38)39)27-35-34-25(43-27)18-9-12-24-23(13-18)36(26(37)22(33)16-46(24,40)41)15-17-7-10-19(11-8-17)42-20-5-4-6-21(14-20)44-29(30,31)32/h4-14,22H,15-16,33H2,1-3H3/t22-/m0/s1. The van der Waals surface area contributed by atoms with Crippen LogP contribution in [0.1, 0.15) is 25.3 Å². The molecule has 3 aromatic carbocycles. The molecule has 0 fully saturated rings. The highest BCUT2D eigenvalue weighted by Crippen LogP contribution is 2.37. The van der Waals surface area contributed by atoms with Gasteiger partial charge in [-0.1, -0.05) is 18.2 Å². The summed E-state index contributed by atoms with van der Waals surface area (Å²) in [6.07, 6.45) is -3.84. The summed E-state index contributed by atoms with van der Waals surface area (Å²) in [6, 6.07) is 13.9. The zero-order chi connectivity index (χ0) is 33.7. The number of hydrogen-bond acceptors (Lipinski definition) is 11. The van der Waals surface area contributed by atoms with Gasteiger partial charge in [-0.25, -0.2) is 16.8 Å². The number of anilines is 1. The number of nitrogens with two attached hydrogens (primary N) is 1. The van der Waals surface area contributed by atoms with Crippen molar-refractivity contribution in [2.45, 2.75) is 42.4 Å². The maximum atomic E-state index is 13.4. The van der Waals surface area contributed by atoms with Crippen molar-refractivity contribution in [1.29, 1.82) is 0 Å². The minimum absolute atomic E-state index is 0.000575. The fraction of sp³-hybridized carbons (Fsp3) is 0.276. The van der Waals surface area contributed by atoms with Crippen molar-refractivity contribution in [3.63, 3.8) is 0 Å². The molecule has 5 rings (SSSR count). The third-order valence-electron chi connectivity index (χ3n) is 7.22. The molecule has 0 spiro atoms. The van der Waals surface area contributed by atoms with Gasteiger partial charge < -0.3 is 24.5 Å². The zero-order valence-corrected chi connectivity index (χ0v) is 26.1. The van der Waals surface area contributed by atoms with E-state index in [1.165, 1.54) is 61.2 Å². The molecule has 0 unspecified atom stereocenters. The number of nitrogens with zero attached hydrogens (tertiary/aromatic N) is 3. The first-order valence-corrected chi connectivity index (χ1v) is 17.0. The number of sulfone groups is 2. The Balaban J connectivity index is 1.45. The van der Waals surface area contributed by atoms with E-state index in [1.807, 2.05) is 0 Å². The molecule has 2 heterocycles. The molecule has 4 aromatic rings. The maximum absolute atomic E-state index is 13.4. The fourth-order valence-electron chi connectivity index (χ4n) is 4.46. The summed E-state index contributed by atoms with van der Waals surface area (Å²) in [5.74, 6) is -1.69. The van der Waals surface area contributed by atoms with Crippen molar-refractivity contribution in [2.75, 3.05) is 16.9 Å². The Labute approximate surface area is 261 Å². The van der Waals surface area contributed by atoms with Crippen molar-refractivity contribution >= 4 is 31.3 Å². The first-order valence-electron chi connectivity index (χ1n) is 13.4. The average Bonchev–Trinajstić information content (AvgIpc) is 3.44. The molecule has 2 N–H and O–H groups in total. The van der Waals surface area contributed by atoms with Gasteiger partial charge in [-0.15, -0.1) is 23.4 Å². The molecule has 0 radical (unpaired) electrons. The van der Waals surface area contributed by atoms with Gasteiger partial charge in [0.15, 0.2) is 19.7 Å². The van der Waals surface area contributed by atoms with Crippen LogP contribution in [-0.2, 0) is 35.8 Å². The van der Waals surface area contributed by atoms with Crippen LogP contribution >= 0.6 is 0 Å². The molecule has 0 saturated heterocycles. The predicted octanol–water partition coefficient (Wildman–Crippen LogP) is 4.36. The largest absolute Gasteiger partial charge is 0.573 e. The van der Waals surface area contributed by atoms with Crippen LogP contribution in [0.25, 0.3) is 11.5 Å². The van der Waals surface area contributed by atoms with Gasteiger partial charge in [-0.05, 0) is 61.9 Å². The first-order chi connectivity index (χ1) is 21.3. The second kappa shape index (κ2) is 11.7. The van der Waals surface area contributed by atoms with E-state index in [0.29, 0.717) is 5.56 Å². The molecule has 1 aromatic heterocycles. The fourth-order valence-corrected chi connectivity index (χ4v) is 6.42. The summed E-state index contributed by atoms with van der Waals surface area (Å²) in [5, 5.41) is 7.83. The molecule has 0 bridgehead atoms. The number of benzene rings is 3. The van der Waals surface area contributed by atoms with E-state index in [2.05, 4.69) is 14.9 Å². The summed E-state index contributed by atoms with van der Waals surface area (Å²) in [5.41, 5.74) is 6.77. The topological polar surface area (TPSA) is 172 Å². The lowest BCUT2D eigenvalue weighted by Gasteiger charge is -2.24. The molecule has 1 aliphatic rings. The summed E-state index contributed by atoms with van der Waals surface area (Å²) in [6.45, 7) is 2.69. The Kier molecular flexibility index (Phi) is 8.37. The monoisotopic (exact) mass is 680 g/mol. The van der Waals surface area contributed by atoms with Gasteiger partial charge in [0.1, 0.15) is 22.0 Å². The van der Waals surface area contributed by atoms with E-state index in [1.54, 1.807) is 12.1 Å². The number of halogens is 3. The van der Waals surface area contributed by atoms with Crippen LogP contribution in [0.2, 0.25) is 0 Å². The van der Waals surface area contributed by atoms with Gasteiger partial charge in [0.05, 0.1) is 28.9 Å². The Morgan fingerprint density at radius 3 is 2.33 bits per heavy atom. The lowest BCUT2D eigenvalue weighted by Crippen LogP contribution is -2.45. The molecule has 17 heteroatoms. The number of fused-ring (bicyclic) bond motifs is 1. The maximum Gasteiger partial charge on any atom is 0.573 e. The number of rotatable bonds is 8. The van der Waals surface area contributed by atoms with Gasteiger partial charge in [-0.3, -0.25) is 4.79 Å². The van der Waals surface area contributed by atoms with Crippen molar-refractivity contribution in [3.05, 3.63) is 78.2 Å². The predicted molar refractivity (Wildman–Crippen MR) is 158 cm³/mol. The zero-order valence-electron chi connectivity index (χ0n) is 24.5. The molecular formula is C29H27F3N4O8S2. The number of aromatic nitrogens is 2. The second-order valence-corrected chi connectivity index (χ2v) is 15.5. The number of ether oxygens (including phenoxy) is 2. The highest BCUT2D eigenvalue weighted by atomic mass is 32.2. The Morgan fingerprint density at radius 2 is 1.67 bits per heavy atom. The minimum Gasteiger partial charge on any atom is -0.457 e. The van der Waals surface area contributed by atoms with Gasteiger partial charge in [0.25, 0.3) is 0 Å². The molecular weight excluding hydrogens is 653 g/mol. The van der Waals surface area contributed by atoms with E-state index >= 15 is 0 Å². The second-order valence-electron chi connectivity index (χ2n) is 11.0.